The van der Waals surface area contributed by atoms with E-state index in [4.69, 9.17) is 4.74 Å². The zero-order valence-corrected chi connectivity index (χ0v) is 19.9. The van der Waals surface area contributed by atoms with Crippen molar-refractivity contribution in [2.24, 2.45) is 5.92 Å². The first kappa shape index (κ1) is 23.5. The van der Waals surface area contributed by atoms with Crippen LogP contribution < -0.4 is 15.4 Å². The molecule has 2 heterocycles. The summed E-state index contributed by atoms with van der Waals surface area (Å²) in [5.74, 6) is 1.83. The van der Waals surface area contributed by atoms with Gasteiger partial charge in [-0.2, -0.15) is 0 Å². The molecule has 178 valence electrons. The number of methoxy groups -OCH3 is 1. The molecule has 1 aromatic heterocycles. The summed E-state index contributed by atoms with van der Waals surface area (Å²) in [7, 11) is 1.57. The molecule has 0 radical (unpaired) electrons. The van der Waals surface area contributed by atoms with E-state index in [1.807, 2.05) is 38.1 Å². The van der Waals surface area contributed by atoms with Crippen LogP contribution in [0.15, 0.2) is 48.5 Å². The van der Waals surface area contributed by atoms with Crippen molar-refractivity contribution in [3.63, 3.8) is 0 Å². The number of fused-ring (bicyclic) bond motifs is 1. The smallest absolute Gasteiger partial charge is 0.251 e. The number of nitrogens with zero attached hydrogens (tertiary/aromatic N) is 3. The van der Waals surface area contributed by atoms with Crippen LogP contribution in [0.3, 0.4) is 0 Å². The Morgan fingerprint density at radius 3 is 2.56 bits per heavy atom. The Balaban J connectivity index is 1.48. The molecule has 1 aliphatic rings. The lowest BCUT2D eigenvalue weighted by Crippen LogP contribution is -2.47. The fourth-order valence-corrected chi connectivity index (χ4v) is 4.16. The first-order valence-electron chi connectivity index (χ1n) is 11.7. The zero-order valence-electron chi connectivity index (χ0n) is 19.9. The molecule has 3 aromatic rings. The first-order chi connectivity index (χ1) is 16.5. The highest BCUT2D eigenvalue weighted by molar-refractivity contribution is 6.01. The van der Waals surface area contributed by atoms with Gasteiger partial charge in [0.25, 0.3) is 5.91 Å². The van der Waals surface area contributed by atoms with E-state index in [1.54, 1.807) is 31.4 Å². The number of nitrogens with one attached hydrogen (secondary N) is 2. The van der Waals surface area contributed by atoms with Crippen molar-refractivity contribution in [1.82, 2.24) is 20.1 Å². The zero-order chi connectivity index (χ0) is 24.1. The van der Waals surface area contributed by atoms with Gasteiger partial charge in [0.2, 0.25) is 5.91 Å². The van der Waals surface area contributed by atoms with Gasteiger partial charge in [-0.05, 0) is 55.2 Å². The van der Waals surface area contributed by atoms with E-state index >= 15 is 0 Å². The summed E-state index contributed by atoms with van der Waals surface area (Å²) in [5, 5.41) is 14.6. The van der Waals surface area contributed by atoms with Crippen LogP contribution in [0, 0.1) is 5.92 Å². The molecule has 8 nitrogen and oxygen atoms in total. The Labute approximate surface area is 199 Å². The van der Waals surface area contributed by atoms with E-state index in [0.717, 1.165) is 43.0 Å². The van der Waals surface area contributed by atoms with Crippen molar-refractivity contribution < 1.29 is 14.3 Å². The van der Waals surface area contributed by atoms with Gasteiger partial charge in [0.05, 0.1) is 7.11 Å². The van der Waals surface area contributed by atoms with Crippen molar-refractivity contribution in [2.45, 2.75) is 52.1 Å². The minimum absolute atomic E-state index is 0.0994. The molecule has 0 bridgehead atoms. The molecule has 34 heavy (non-hydrogen) atoms. The minimum atomic E-state index is -0.692. The highest BCUT2D eigenvalue weighted by Gasteiger charge is 2.25. The fraction of sp³-hybridized carbons (Fsp3) is 0.385. The van der Waals surface area contributed by atoms with Crippen LogP contribution >= 0.6 is 0 Å². The largest absolute Gasteiger partial charge is 0.497 e. The molecule has 2 aromatic carbocycles. The number of benzene rings is 2. The summed E-state index contributed by atoms with van der Waals surface area (Å²) < 4.78 is 7.32. The lowest BCUT2D eigenvalue weighted by atomic mass is 10.0. The lowest BCUT2D eigenvalue weighted by molar-refractivity contribution is -0.118. The third-order valence-corrected chi connectivity index (χ3v) is 6.09. The summed E-state index contributed by atoms with van der Waals surface area (Å²) in [6, 6.07) is 13.7. The van der Waals surface area contributed by atoms with Gasteiger partial charge in [-0.15, -0.1) is 10.2 Å². The second kappa shape index (κ2) is 10.5. The Hall–Kier alpha value is -3.68. The van der Waals surface area contributed by atoms with Crippen molar-refractivity contribution in [1.29, 1.82) is 0 Å². The fourth-order valence-electron chi connectivity index (χ4n) is 4.16. The Morgan fingerprint density at radius 1 is 1.03 bits per heavy atom. The van der Waals surface area contributed by atoms with Crippen LogP contribution in [0.2, 0.25) is 0 Å². The maximum absolute atomic E-state index is 13.1. The van der Waals surface area contributed by atoms with E-state index in [-0.39, 0.29) is 17.7 Å². The molecule has 0 spiro atoms. The summed E-state index contributed by atoms with van der Waals surface area (Å²) >= 11 is 0. The molecule has 0 unspecified atom stereocenters. The molecule has 4 rings (SSSR count). The number of hydrogen-bond acceptors (Lipinski definition) is 5. The lowest BCUT2D eigenvalue weighted by Gasteiger charge is -2.22. The number of aryl methyl sites for hydroxylation is 1. The van der Waals surface area contributed by atoms with Gasteiger partial charge >= 0.3 is 0 Å². The van der Waals surface area contributed by atoms with Gasteiger partial charge in [0.1, 0.15) is 17.6 Å². The summed E-state index contributed by atoms with van der Waals surface area (Å²) in [5.41, 5.74) is 2.02. The average Bonchev–Trinajstić information content (AvgIpc) is 3.10. The van der Waals surface area contributed by atoms with Gasteiger partial charge in [-0.25, -0.2) is 0 Å². The monoisotopic (exact) mass is 461 g/mol. The normalized spacial score (nSPS) is 14.1. The van der Waals surface area contributed by atoms with Crippen molar-refractivity contribution in [3.8, 4) is 17.1 Å². The van der Waals surface area contributed by atoms with Crippen LogP contribution in [0.4, 0.5) is 5.69 Å². The number of anilines is 1. The third-order valence-electron chi connectivity index (χ3n) is 6.09. The van der Waals surface area contributed by atoms with Gasteiger partial charge in [0.15, 0.2) is 5.82 Å². The van der Waals surface area contributed by atoms with E-state index in [0.29, 0.717) is 17.0 Å². The molecule has 0 aliphatic carbocycles. The average molecular weight is 462 g/mol. The van der Waals surface area contributed by atoms with E-state index in [1.165, 1.54) is 6.42 Å². The molecule has 2 amide bonds. The van der Waals surface area contributed by atoms with Gasteiger partial charge in [-0.3, -0.25) is 9.59 Å². The molecule has 2 N–H and O–H groups in total. The maximum Gasteiger partial charge on any atom is 0.251 e. The number of amides is 2. The quantitative estimate of drug-likeness (QED) is 0.553. The highest BCUT2D eigenvalue weighted by atomic mass is 16.5. The standard InChI is InChI=1S/C26H31N5O3/c1-17(2)23(28-25(32)18-11-13-21(34-3)14-12-18)26(33)27-20-9-7-8-19(16-20)24-30-29-22-10-5-4-6-15-31(22)24/h7-9,11-14,16-17,23H,4-6,10,15H2,1-3H3,(H,27,33)(H,28,32)/t23-/m0/s1. The highest BCUT2D eigenvalue weighted by Crippen LogP contribution is 2.25. The molecule has 0 fully saturated rings. The maximum atomic E-state index is 13.1. The van der Waals surface area contributed by atoms with E-state index in [9.17, 15) is 9.59 Å². The topological polar surface area (TPSA) is 98.1 Å². The summed E-state index contributed by atoms with van der Waals surface area (Å²) in [6.45, 7) is 4.71. The molecule has 1 atom stereocenters. The van der Waals surface area contributed by atoms with Crippen molar-refractivity contribution in [2.75, 3.05) is 12.4 Å². The van der Waals surface area contributed by atoms with Crippen LogP contribution in [0.1, 0.15) is 49.3 Å². The number of aromatic nitrogens is 3. The van der Waals surface area contributed by atoms with Crippen molar-refractivity contribution >= 4 is 17.5 Å². The summed E-state index contributed by atoms with van der Waals surface area (Å²) in [6.07, 6.45) is 4.37. The number of rotatable bonds is 7. The number of ether oxygens (including phenoxy) is 1. The Morgan fingerprint density at radius 2 is 1.82 bits per heavy atom. The van der Waals surface area contributed by atoms with Crippen LogP contribution in [-0.4, -0.2) is 39.7 Å². The number of carbonyl (C=O) groups is 2. The molecule has 0 saturated heterocycles. The first-order valence-corrected chi connectivity index (χ1v) is 11.7. The van der Waals surface area contributed by atoms with Gasteiger partial charge in [-0.1, -0.05) is 32.4 Å². The second-order valence-electron chi connectivity index (χ2n) is 8.90. The van der Waals surface area contributed by atoms with E-state index < -0.39 is 6.04 Å². The predicted octanol–water partition coefficient (Wildman–Crippen LogP) is 4.07. The van der Waals surface area contributed by atoms with Crippen LogP contribution in [0.5, 0.6) is 5.75 Å². The van der Waals surface area contributed by atoms with Crippen LogP contribution in [0.25, 0.3) is 11.4 Å². The number of carbonyl (C=O) groups excluding carboxylic acids is 2. The molecular formula is C26H31N5O3. The van der Waals surface area contributed by atoms with Gasteiger partial charge in [0, 0.05) is 29.8 Å². The van der Waals surface area contributed by atoms with Gasteiger partial charge < -0.3 is 19.9 Å². The Bertz CT molecular complexity index is 1150. The second-order valence-corrected chi connectivity index (χ2v) is 8.90. The molecule has 0 saturated carbocycles. The van der Waals surface area contributed by atoms with Crippen LogP contribution in [-0.2, 0) is 17.8 Å². The predicted molar refractivity (Wildman–Crippen MR) is 131 cm³/mol. The molecule has 1 aliphatic heterocycles. The van der Waals surface area contributed by atoms with E-state index in [2.05, 4.69) is 25.4 Å². The molecule has 8 heteroatoms. The SMILES string of the molecule is COc1ccc(C(=O)N[C@H](C(=O)Nc2cccc(-c3nnc4n3CCCCC4)c2)C(C)C)cc1. The minimum Gasteiger partial charge on any atom is -0.497 e. The summed E-state index contributed by atoms with van der Waals surface area (Å²) in [4.78, 5) is 25.9. The molecular weight excluding hydrogens is 430 g/mol. The third kappa shape index (κ3) is 5.27. The Kier molecular flexibility index (Phi) is 7.25. The van der Waals surface area contributed by atoms with Crippen molar-refractivity contribution in [3.05, 3.63) is 59.9 Å². The number of hydrogen-bond donors (Lipinski definition) is 2.